The van der Waals surface area contributed by atoms with Gasteiger partial charge in [0, 0.05) is 5.39 Å². The summed E-state index contributed by atoms with van der Waals surface area (Å²) in [4.78, 5) is 20.7. The molecule has 2 heterocycles. The molecule has 26 heavy (non-hydrogen) atoms. The van der Waals surface area contributed by atoms with Crippen LogP contribution in [0.1, 0.15) is 10.4 Å². The van der Waals surface area contributed by atoms with Crippen molar-refractivity contribution in [3.8, 4) is 0 Å². The van der Waals surface area contributed by atoms with Crippen LogP contribution in [0.25, 0.3) is 11.0 Å². The molecule has 0 aliphatic carbocycles. The molecule has 0 fully saturated rings. The minimum atomic E-state index is -3.71. The van der Waals surface area contributed by atoms with Gasteiger partial charge in [0.25, 0.3) is 5.91 Å². The number of hydrogen-bond donors (Lipinski definition) is 2. The molecule has 0 spiro atoms. The topological polar surface area (TPSA) is 101 Å². The predicted octanol–water partition coefficient (Wildman–Crippen LogP) is 3.10. The van der Waals surface area contributed by atoms with Crippen LogP contribution >= 0.6 is 23.2 Å². The molecule has 7 nitrogen and oxygen atoms in total. The predicted molar refractivity (Wildman–Crippen MR) is 100 cm³/mol. The molecule has 0 bridgehead atoms. The third kappa shape index (κ3) is 3.78. The number of nitrogens with zero attached hydrogens (tertiary/aromatic N) is 2. The van der Waals surface area contributed by atoms with E-state index in [2.05, 4.69) is 20.0 Å². The average molecular weight is 411 g/mol. The molecule has 0 saturated heterocycles. The first-order valence-corrected chi connectivity index (χ1v) is 9.52. The Balaban J connectivity index is 1.94. The smallest absolute Gasteiger partial charge is 0.258 e. The Kier molecular flexibility index (Phi) is 5.10. The van der Waals surface area contributed by atoms with Crippen molar-refractivity contribution in [2.75, 3.05) is 12.4 Å². The third-order valence-corrected chi connectivity index (χ3v) is 5.47. The van der Waals surface area contributed by atoms with E-state index in [0.717, 1.165) is 5.39 Å². The van der Waals surface area contributed by atoms with Crippen LogP contribution in [-0.4, -0.2) is 31.3 Å². The molecule has 0 unspecified atom stereocenters. The maximum absolute atomic E-state index is 12.5. The first-order valence-electron chi connectivity index (χ1n) is 7.28. The molecule has 10 heteroatoms. The summed E-state index contributed by atoms with van der Waals surface area (Å²) in [5, 5.41) is 3.72. The molecule has 2 aromatic heterocycles. The molecule has 3 aromatic rings. The number of anilines is 1. The number of nitrogens with one attached hydrogen (secondary N) is 2. The van der Waals surface area contributed by atoms with Gasteiger partial charge in [0.2, 0.25) is 10.0 Å². The lowest BCUT2D eigenvalue weighted by atomic mass is 10.2. The largest absolute Gasteiger partial charge is 0.306 e. The van der Waals surface area contributed by atoms with Gasteiger partial charge in [-0.1, -0.05) is 23.2 Å². The fourth-order valence-electron chi connectivity index (χ4n) is 2.19. The van der Waals surface area contributed by atoms with Crippen molar-refractivity contribution in [1.82, 2.24) is 14.7 Å². The number of sulfonamides is 1. The molecule has 2 N–H and O–H groups in total. The van der Waals surface area contributed by atoms with E-state index < -0.39 is 15.9 Å². The number of rotatable bonds is 4. The summed E-state index contributed by atoms with van der Waals surface area (Å²) < 4.78 is 26.0. The Labute approximate surface area is 159 Å². The number of aromatic nitrogens is 2. The molecule has 0 atom stereocenters. The molecule has 0 saturated carbocycles. The van der Waals surface area contributed by atoms with E-state index in [1.165, 1.54) is 25.2 Å². The molecule has 134 valence electrons. The Morgan fingerprint density at radius 3 is 2.50 bits per heavy atom. The van der Waals surface area contributed by atoms with Gasteiger partial charge >= 0.3 is 0 Å². The first-order chi connectivity index (χ1) is 12.3. The minimum absolute atomic E-state index is 0.00365. The second-order valence-electron chi connectivity index (χ2n) is 5.18. The van der Waals surface area contributed by atoms with Crippen LogP contribution < -0.4 is 10.0 Å². The summed E-state index contributed by atoms with van der Waals surface area (Å²) in [6, 6.07) is 10.6. The maximum atomic E-state index is 12.5. The zero-order valence-corrected chi connectivity index (χ0v) is 15.7. The molecule has 0 aliphatic heterocycles. The number of pyridine rings is 2. The fourth-order valence-corrected chi connectivity index (χ4v) is 3.29. The third-order valence-electron chi connectivity index (χ3n) is 3.52. The van der Waals surface area contributed by atoms with Gasteiger partial charge in [0.1, 0.15) is 11.0 Å². The zero-order valence-electron chi connectivity index (χ0n) is 13.3. The van der Waals surface area contributed by atoms with Crippen molar-refractivity contribution in [2.24, 2.45) is 0 Å². The summed E-state index contributed by atoms with van der Waals surface area (Å²) in [7, 11) is -2.43. The second-order valence-corrected chi connectivity index (χ2v) is 7.86. The number of carbonyl (C=O) groups excluding carboxylic acids is 1. The van der Waals surface area contributed by atoms with Gasteiger partial charge in [-0.05, 0) is 49.5 Å². The van der Waals surface area contributed by atoms with E-state index in [0.29, 0.717) is 5.65 Å². The zero-order chi connectivity index (χ0) is 18.9. The van der Waals surface area contributed by atoms with Crippen molar-refractivity contribution in [1.29, 1.82) is 0 Å². The van der Waals surface area contributed by atoms with E-state index in [1.54, 1.807) is 24.3 Å². The lowest BCUT2D eigenvalue weighted by molar-refractivity contribution is 0.102. The summed E-state index contributed by atoms with van der Waals surface area (Å²) in [6.07, 6.45) is 0. The van der Waals surface area contributed by atoms with E-state index in [9.17, 15) is 13.2 Å². The summed E-state index contributed by atoms with van der Waals surface area (Å²) in [5.41, 5.74) is 0.372. The normalized spacial score (nSPS) is 11.5. The highest BCUT2D eigenvalue weighted by Crippen LogP contribution is 2.22. The van der Waals surface area contributed by atoms with Crippen LogP contribution in [-0.2, 0) is 10.0 Å². The maximum Gasteiger partial charge on any atom is 0.258 e. The lowest BCUT2D eigenvalue weighted by Crippen LogP contribution is -2.20. The van der Waals surface area contributed by atoms with Gasteiger partial charge in [-0.15, -0.1) is 0 Å². The van der Waals surface area contributed by atoms with Crippen molar-refractivity contribution in [3.05, 3.63) is 58.2 Å². The number of fused-ring (bicyclic) bond motifs is 1. The van der Waals surface area contributed by atoms with E-state index in [4.69, 9.17) is 23.2 Å². The van der Waals surface area contributed by atoms with Crippen LogP contribution in [0.5, 0.6) is 0 Å². The average Bonchev–Trinajstić information content (AvgIpc) is 2.61. The van der Waals surface area contributed by atoms with E-state index in [1.807, 2.05) is 0 Å². The molecular formula is C16H12Cl2N4O3S. The number of hydrogen-bond acceptors (Lipinski definition) is 5. The molecule has 1 aromatic carbocycles. The summed E-state index contributed by atoms with van der Waals surface area (Å²) >= 11 is 11.9. The number of halogens is 2. The van der Waals surface area contributed by atoms with E-state index in [-0.39, 0.29) is 26.5 Å². The monoisotopic (exact) mass is 410 g/mol. The highest BCUT2D eigenvalue weighted by Gasteiger charge is 2.18. The van der Waals surface area contributed by atoms with E-state index >= 15 is 0 Å². The standard InChI is InChI=1S/C16H12Cl2N4O3S/c1-19-26(24,25)10-4-5-12(17)11(8-10)16(23)22-14-7-3-9-2-6-13(18)20-15(9)21-14/h2-8,19H,1H3,(H,20,21,22,23). The Morgan fingerprint density at radius 2 is 1.77 bits per heavy atom. The fraction of sp³-hybridized carbons (Fsp3) is 0.0625. The van der Waals surface area contributed by atoms with Crippen molar-refractivity contribution in [2.45, 2.75) is 4.90 Å². The van der Waals surface area contributed by atoms with Gasteiger partial charge in [0.05, 0.1) is 15.5 Å². The Bertz CT molecular complexity index is 1120. The first kappa shape index (κ1) is 18.5. The number of carbonyl (C=O) groups is 1. The molecular weight excluding hydrogens is 399 g/mol. The van der Waals surface area contributed by atoms with Gasteiger partial charge in [0.15, 0.2) is 5.65 Å². The molecule has 3 rings (SSSR count). The summed E-state index contributed by atoms with van der Waals surface area (Å²) in [5.74, 6) is -0.368. The highest BCUT2D eigenvalue weighted by molar-refractivity contribution is 7.89. The Hall–Kier alpha value is -2.26. The molecule has 0 radical (unpaired) electrons. The quantitative estimate of drug-likeness (QED) is 0.643. The van der Waals surface area contributed by atoms with Crippen molar-refractivity contribution < 1.29 is 13.2 Å². The molecule has 0 aliphatic rings. The van der Waals surface area contributed by atoms with Gasteiger partial charge in [-0.3, -0.25) is 4.79 Å². The highest BCUT2D eigenvalue weighted by atomic mass is 35.5. The second kappa shape index (κ2) is 7.16. The lowest BCUT2D eigenvalue weighted by Gasteiger charge is -2.09. The van der Waals surface area contributed by atoms with Crippen molar-refractivity contribution >= 4 is 56.0 Å². The summed E-state index contributed by atoms with van der Waals surface area (Å²) in [6.45, 7) is 0. The van der Waals surface area contributed by atoms with Gasteiger partial charge in [-0.25, -0.2) is 23.1 Å². The van der Waals surface area contributed by atoms with Crippen molar-refractivity contribution in [3.63, 3.8) is 0 Å². The van der Waals surface area contributed by atoms with Crippen LogP contribution in [0, 0.1) is 0 Å². The Morgan fingerprint density at radius 1 is 1.04 bits per heavy atom. The SMILES string of the molecule is CNS(=O)(=O)c1ccc(Cl)c(C(=O)Nc2ccc3ccc(Cl)nc3n2)c1. The molecule has 1 amide bonds. The minimum Gasteiger partial charge on any atom is -0.306 e. The van der Waals surface area contributed by atoms with Crippen LogP contribution in [0.4, 0.5) is 5.82 Å². The van der Waals surface area contributed by atoms with Gasteiger partial charge in [-0.2, -0.15) is 0 Å². The van der Waals surface area contributed by atoms with Crippen LogP contribution in [0.3, 0.4) is 0 Å². The number of amides is 1. The van der Waals surface area contributed by atoms with Gasteiger partial charge < -0.3 is 5.32 Å². The van der Waals surface area contributed by atoms with Crippen LogP contribution in [0.15, 0.2) is 47.4 Å². The van der Waals surface area contributed by atoms with Crippen LogP contribution in [0.2, 0.25) is 10.2 Å². The number of benzene rings is 1.